The number of aryl methyl sites for hydroxylation is 1. The van der Waals surface area contributed by atoms with Gasteiger partial charge in [-0.15, -0.1) is 0 Å². The van der Waals surface area contributed by atoms with Crippen molar-refractivity contribution in [2.75, 3.05) is 0 Å². The molecule has 0 amide bonds. The molecule has 5 nitrogen and oxygen atoms in total. The zero-order valence-corrected chi connectivity index (χ0v) is 10.5. The van der Waals surface area contributed by atoms with Crippen molar-refractivity contribution in [1.29, 1.82) is 0 Å². The van der Waals surface area contributed by atoms with Gasteiger partial charge in [-0.2, -0.15) is 0 Å². The first-order chi connectivity index (χ1) is 9.08. The molecule has 5 heteroatoms. The number of carbonyl (C=O) groups is 1. The Balaban J connectivity index is 2.39. The minimum Gasteiger partial charge on any atom is -0.480 e. The van der Waals surface area contributed by atoms with E-state index in [2.05, 4.69) is 4.98 Å². The summed E-state index contributed by atoms with van der Waals surface area (Å²) in [5, 5.41) is 8.75. The lowest BCUT2D eigenvalue weighted by Crippen LogP contribution is -2.28. The fraction of sp³-hybridized carbons (Fsp3) is 0.214. The third-order valence-corrected chi connectivity index (χ3v) is 2.88. The van der Waals surface area contributed by atoms with Crippen LogP contribution in [0.1, 0.15) is 16.8 Å². The van der Waals surface area contributed by atoms with Crippen LogP contribution in [0.25, 0.3) is 0 Å². The molecule has 0 saturated heterocycles. The van der Waals surface area contributed by atoms with Gasteiger partial charge in [0.05, 0.1) is 6.33 Å². The van der Waals surface area contributed by atoms with Gasteiger partial charge in [0, 0.05) is 17.7 Å². The first-order valence-electron chi connectivity index (χ1n) is 5.88. The molecular weight excluding hydrogens is 244 g/mol. The fourth-order valence-electron chi connectivity index (χ4n) is 1.88. The summed E-state index contributed by atoms with van der Waals surface area (Å²) in [6.45, 7) is 1.39. The average Bonchev–Trinajstić information content (AvgIpc) is 2.39. The second kappa shape index (κ2) is 5.48. The largest absolute Gasteiger partial charge is 0.480 e. The Morgan fingerprint density at radius 3 is 2.63 bits per heavy atom. The van der Waals surface area contributed by atoms with Crippen LogP contribution in [0, 0.1) is 6.92 Å². The van der Waals surface area contributed by atoms with Gasteiger partial charge in [-0.1, -0.05) is 30.3 Å². The maximum Gasteiger partial charge on any atom is 0.323 e. The van der Waals surface area contributed by atoms with Crippen LogP contribution in [0.2, 0.25) is 0 Å². The summed E-state index contributed by atoms with van der Waals surface area (Å²) in [5.74, 6) is -1.06. The third-order valence-electron chi connectivity index (χ3n) is 2.88. The summed E-state index contributed by atoms with van der Waals surface area (Å²) in [6, 6.07) is 9.55. The topological polar surface area (TPSA) is 72.2 Å². The third kappa shape index (κ3) is 3.07. The number of hydrogen-bond acceptors (Lipinski definition) is 3. The van der Waals surface area contributed by atoms with Gasteiger partial charge < -0.3 is 5.11 Å². The molecule has 0 saturated carbocycles. The van der Waals surface area contributed by atoms with Crippen molar-refractivity contribution in [3.05, 3.63) is 63.8 Å². The molecule has 2 aromatic rings. The van der Waals surface area contributed by atoms with Gasteiger partial charge in [-0.25, -0.2) is 4.98 Å². The van der Waals surface area contributed by atoms with E-state index in [1.54, 1.807) is 6.92 Å². The van der Waals surface area contributed by atoms with Crippen LogP contribution in [-0.2, 0) is 17.8 Å². The SMILES string of the molecule is Cc1ncn(CC(=O)O)c(=O)c1Cc1ccccc1. The number of benzene rings is 1. The van der Waals surface area contributed by atoms with Crippen molar-refractivity contribution in [2.45, 2.75) is 19.9 Å². The maximum absolute atomic E-state index is 12.2. The zero-order chi connectivity index (χ0) is 13.8. The Morgan fingerprint density at radius 2 is 2.00 bits per heavy atom. The van der Waals surface area contributed by atoms with E-state index in [4.69, 9.17) is 5.11 Å². The lowest BCUT2D eigenvalue weighted by atomic mass is 10.1. The Hall–Kier alpha value is -2.43. The van der Waals surface area contributed by atoms with Gasteiger partial charge in [0.2, 0.25) is 0 Å². The number of nitrogens with zero attached hydrogens (tertiary/aromatic N) is 2. The summed E-state index contributed by atoms with van der Waals surface area (Å²) in [4.78, 5) is 27.0. The normalized spacial score (nSPS) is 10.4. The lowest BCUT2D eigenvalue weighted by molar-refractivity contribution is -0.137. The van der Waals surface area contributed by atoms with Crippen LogP contribution in [0.3, 0.4) is 0 Å². The second-order valence-corrected chi connectivity index (χ2v) is 4.30. The molecule has 0 fully saturated rings. The van der Waals surface area contributed by atoms with E-state index in [-0.39, 0.29) is 12.1 Å². The molecule has 0 aliphatic heterocycles. The Bertz CT molecular complexity index is 647. The monoisotopic (exact) mass is 258 g/mol. The van der Waals surface area contributed by atoms with Crippen molar-refractivity contribution < 1.29 is 9.90 Å². The van der Waals surface area contributed by atoms with E-state index in [0.717, 1.165) is 10.1 Å². The van der Waals surface area contributed by atoms with E-state index >= 15 is 0 Å². The second-order valence-electron chi connectivity index (χ2n) is 4.30. The van der Waals surface area contributed by atoms with Crippen LogP contribution in [0.5, 0.6) is 0 Å². The van der Waals surface area contributed by atoms with Crippen LogP contribution in [0.15, 0.2) is 41.5 Å². The van der Waals surface area contributed by atoms with Gasteiger partial charge >= 0.3 is 5.97 Å². The molecule has 1 aromatic heterocycles. The highest BCUT2D eigenvalue weighted by Gasteiger charge is 2.11. The van der Waals surface area contributed by atoms with Crippen molar-refractivity contribution >= 4 is 5.97 Å². The lowest BCUT2D eigenvalue weighted by Gasteiger charge is -2.08. The maximum atomic E-state index is 12.2. The molecule has 19 heavy (non-hydrogen) atoms. The van der Waals surface area contributed by atoms with Gasteiger partial charge in [0.1, 0.15) is 6.54 Å². The minimum absolute atomic E-state index is 0.293. The van der Waals surface area contributed by atoms with Crippen molar-refractivity contribution in [3.8, 4) is 0 Å². The molecule has 1 heterocycles. The van der Waals surface area contributed by atoms with Crippen molar-refractivity contribution in [3.63, 3.8) is 0 Å². The summed E-state index contributed by atoms with van der Waals surface area (Å²) in [6.07, 6.45) is 1.74. The summed E-state index contributed by atoms with van der Waals surface area (Å²) >= 11 is 0. The highest BCUT2D eigenvalue weighted by molar-refractivity contribution is 5.66. The fourth-order valence-corrected chi connectivity index (χ4v) is 1.88. The number of rotatable bonds is 4. The van der Waals surface area contributed by atoms with Gasteiger partial charge in [-0.3, -0.25) is 14.2 Å². The van der Waals surface area contributed by atoms with Crippen LogP contribution < -0.4 is 5.56 Å². The average molecular weight is 258 g/mol. The predicted molar refractivity (Wildman–Crippen MR) is 70.1 cm³/mol. The van der Waals surface area contributed by atoms with Crippen LogP contribution in [0.4, 0.5) is 0 Å². The Labute approximate surface area is 110 Å². The number of carboxylic acids is 1. The molecule has 0 atom stereocenters. The predicted octanol–water partition coefficient (Wildman–Crippen LogP) is 1.23. The summed E-state index contributed by atoms with van der Waals surface area (Å²) < 4.78 is 1.12. The van der Waals surface area contributed by atoms with E-state index in [9.17, 15) is 9.59 Å². The molecule has 2 rings (SSSR count). The van der Waals surface area contributed by atoms with Gasteiger partial charge in [-0.05, 0) is 12.5 Å². The zero-order valence-electron chi connectivity index (χ0n) is 10.5. The van der Waals surface area contributed by atoms with Crippen molar-refractivity contribution in [1.82, 2.24) is 9.55 Å². The standard InChI is InChI=1S/C14H14N2O3/c1-10-12(7-11-5-3-2-4-6-11)14(19)16(9-15-10)8-13(17)18/h2-6,9H,7-8H2,1H3,(H,17,18). The molecule has 1 N–H and O–H groups in total. The summed E-state index contributed by atoms with van der Waals surface area (Å²) in [7, 11) is 0. The number of carboxylic acid groups (broad SMARTS) is 1. The molecule has 0 bridgehead atoms. The Kier molecular flexibility index (Phi) is 3.75. The molecule has 0 radical (unpaired) electrons. The molecule has 98 valence electrons. The van der Waals surface area contributed by atoms with Gasteiger partial charge in [0.25, 0.3) is 5.56 Å². The van der Waals surface area contributed by atoms with E-state index in [1.807, 2.05) is 30.3 Å². The van der Waals surface area contributed by atoms with Crippen LogP contribution >= 0.6 is 0 Å². The quantitative estimate of drug-likeness (QED) is 0.895. The molecule has 0 aliphatic rings. The molecule has 1 aromatic carbocycles. The highest BCUT2D eigenvalue weighted by atomic mass is 16.4. The molecule has 0 spiro atoms. The Morgan fingerprint density at radius 1 is 1.32 bits per heavy atom. The van der Waals surface area contributed by atoms with E-state index in [0.29, 0.717) is 17.7 Å². The number of aliphatic carboxylic acids is 1. The first kappa shape index (κ1) is 13.0. The van der Waals surface area contributed by atoms with Crippen molar-refractivity contribution in [2.24, 2.45) is 0 Å². The van der Waals surface area contributed by atoms with Crippen LogP contribution in [-0.4, -0.2) is 20.6 Å². The van der Waals surface area contributed by atoms with E-state index < -0.39 is 5.97 Å². The number of hydrogen-bond donors (Lipinski definition) is 1. The van der Waals surface area contributed by atoms with Gasteiger partial charge in [0.15, 0.2) is 0 Å². The first-order valence-corrected chi connectivity index (χ1v) is 5.88. The highest BCUT2D eigenvalue weighted by Crippen LogP contribution is 2.08. The smallest absolute Gasteiger partial charge is 0.323 e. The molecule has 0 aliphatic carbocycles. The minimum atomic E-state index is -1.06. The number of aromatic nitrogens is 2. The van der Waals surface area contributed by atoms with E-state index in [1.165, 1.54) is 6.33 Å². The molecule has 0 unspecified atom stereocenters. The summed E-state index contributed by atoms with van der Waals surface area (Å²) in [5.41, 5.74) is 1.88. The molecular formula is C14H14N2O3.